The molecule has 0 spiro atoms. The molecule has 6 heteroatoms. The first-order valence-corrected chi connectivity index (χ1v) is 7.56. The van der Waals surface area contributed by atoms with Gasteiger partial charge in [-0.15, -0.1) is 0 Å². The number of aromatic nitrogens is 1. The second kappa shape index (κ2) is 4.70. The van der Waals surface area contributed by atoms with E-state index < -0.39 is 5.91 Å². The van der Waals surface area contributed by atoms with Gasteiger partial charge in [0.1, 0.15) is 5.69 Å². The largest absolute Gasteiger partial charge is 0.377 e. The number of amides is 1. The van der Waals surface area contributed by atoms with E-state index in [2.05, 4.69) is 22.0 Å². The van der Waals surface area contributed by atoms with E-state index in [9.17, 15) is 4.79 Å². The molecule has 1 atom stereocenters. The molecule has 0 aromatic carbocycles. The van der Waals surface area contributed by atoms with Crippen molar-refractivity contribution in [1.29, 1.82) is 5.26 Å². The summed E-state index contributed by atoms with van der Waals surface area (Å²) < 4.78 is 5.34. The Kier molecular flexibility index (Phi) is 2.90. The normalized spacial score (nSPS) is 25.6. The third kappa shape index (κ3) is 1.90. The zero-order chi connectivity index (χ0) is 15.3. The predicted molar refractivity (Wildman–Crippen MR) is 79.2 cm³/mol. The third-order valence-corrected chi connectivity index (χ3v) is 5.10. The molecule has 22 heavy (non-hydrogen) atoms. The van der Waals surface area contributed by atoms with Crippen molar-refractivity contribution in [3.63, 3.8) is 0 Å². The lowest BCUT2D eigenvalue weighted by Gasteiger charge is -2.49. The van der Waals surface area contributed by atoms with Crippen LogP contribution < -0.4 is 5.73 Å². The van der Waals surface area contributed by atoms with Gasteiger partial charge in [-0.25, -0.2) is 0 Å². The van der Waals surface area contributed by atoms with Gasteiger partial charge in [0.2, 0.25) is 0 Å². The average molecular weight is 298 g/mol. The average Bonchev–Trinajstić information content (AvgIpc) is 2.96. The van der Waals surface area contributed by atoms with E-state index in [1.807, 2.05) is 6.07 Å². The standard InChI is InChI=1S/C16H18N4O2/c17-4-3-16(8-22-9-16)20-5-1-10(2-6-20)13-11-7-12(15(18)21)19-14(11)13/h1,7,13,19H,2-3,5-6,8-9H2,(H2,18,21). The van der Waals surface area contributed by atoms with Crippen LogP contribution in [0.3, 0.4) is 0 Å². The monoisotopic (exact) mass is 298 g/mol. The van der Waals surface area contributed by atoms with Crippen molar-refractivity contribution in [2.75, 3.05) is 26.3 Å². The number of carbonyl (C=O) groups is 1. The Balaban J connectivity index is 1.43. The second-order valence-electron chi connectivity index (χ2n) is 6.38. The number of nitrogens with one attached hydrogen (secondary N) is 1. The fourth-order valence-corrected chi connectivity index (χ4v) is 3.66. The van der Waals surface area contributed by atoms with E-state index in [1.54, 1.807) is 0 Å². The molecule has 3 heterocycles. The van der Waals surface area contributed by atoms with Gasteiger partial charge in [-0.3, -0.25) is 9.69 Å². The van der Waals surface area contributed by atoms with Crippen LogP contribution >= 0.6 is 0 Å². The van der Waals surface area contributed by atoms with E-state index in [4.69, 9.17) is 15.7 Å². The van der Waals surface area contributed by atoms with Gasteiger partial charge in [0.05, 0.1) is 31.2 Å². The summed E-state index contributed by atoms with van der Waals surface area (Å²) in [4.78, 5) is 16.6. The Bertz CT molecular complexity index is 687. The molecule has 0 bridgehead atoms. The first kappa shape index (κ1) is 13.6. The Morgan fingerprint density at radius 2 is 2.41 bits per heavy atom. The Labute approximate surface area is 128 Å². The van der Waals surface area contributed by atoms with Crippen LogP contribution in [0.15, 0.2) is 17.7 Å². The fourth-order valence-electron chi connectivity index (χ4n) is 3.66. The van der Waals surface area contributed by atoms with Crippen molar-refractivity contribution >= 4 is 5.91 Å². The SMILES string of the molecule is N#CCC1(N2CC=C(C3c4cc(C(N)=O)[nH]c43)CC2)COC1. The van der Waals surface area contributed by atoms with Crippen molar-refractivity contribution in [2.24, 2.45) is 5.73 Å². The molecule has 3 N–H and O–H groups in total. The first-order valence-electron chi connectivity index (χ1n) is 7.56. The maximum Gasteiger partial charge on any atom is 0.265 e. The fraction of sp³-hybridized carbons (Fsp3) is 0.500. The summed E-state index contributed by atoms with van der Waals surface area (Å²) in [6.45, 7) is 3.15. The molecule has 1 aromatic rings. The molecule has 0 radical (unpaired) electrons. The number of nitrogens with zero attached hydrogens (tertiary/aromatic N) is 2. The highest BCUT2D eigenvalue weighted by molar-refractivity contribution is 5.92. The highest BCUT2D eigenvalue weighted by atomic mass is 16.5. The smallest absolute Gasteiger partial charge is 0.265 e. The topological polar surface area (TPSA) is 95.1 Å². The van der Waals surface area contributed by atoms with Gasteiger partial charge < -0.3 is 15.5 Å². The molecule has 1 saturated heterocycles. The number of nitrogens with two attached hydrogens (primary N) is 1. The van der Waals surface area contributed by atoms with Crippen molar-refractivity contribution in [1.82, 2.24) is 9.88 Å². The molecule has 2 aliphatic heterocycles. The third-order valence-electron chi connectivity index (χ3n) is 5.10. The molecular weight excluding hydrogens is 280 g/mol. The summed E-state index contributed by atoms with van der Waals surface area (Å²) in [5, 5.41) is 9.02. The summed E-state index contributed by atoms with van der Waals surface area (Å²) in [5.41, 5.74) is 9.42. The Morgan fingerprint density at radius 1 is 1.59 bits per heavy atom. The van der Waals surface area contributed by atoms with Crippen LogP contribution in [0.1, 0.15) is 40.5 Å². The van der Waals surface area contributed by atoms with Crippen LogP contribution in [0.2, 0.25) is 0 Å². The lowest BCUT2D eigenvalue weighted by atomic mass is 9.88. The minimum atomic E-state index is -0.404. The molecule has 1 unspecified atom stereocenters. The van der Waals surface area contributed by atoms with Gasteiger partial charge in [0.25, 0.3) is 5.91 Å². The number of H-pyrrole nitrogens is 1. The molecular formula is C16H18N4O2. The van der Waals surface area contributed by atoms with E-state index in [0.717, 1.165) is 25.2 Å². The van der Waals surface area contributed by atoms with Crippen molar-refractivity contribution in [3.8, 4) is 6.07 Å². The number of hydrogen-bond donors (Lipinski definition) is 2. The van der Waals surface area contributed by atoms with Crippen LogP contribution in [0.4, 0.5) is 0 Å². The van der Waals surface area contributed by atoms with Crippen LogP contribution in [0.25, 0.3) is 0 Å². The maximum absolute atomic E-state index is 11.1. The summed E-state index contributed by atoms with van der Waals surface area (Å²) in [6, 6.07) is 4.16. The quantitative estimate of drug-likeness (QED) is 0.806. The van der Waals surface area contributed by atoms with Crippen molar-refractivity contribution < 1.29 is 9.53 Å². The number of rotatable bonds is 4. The van der Waals surface area contributed by atoms with E-state index in [-0.39, 0.29) is 5.54 Å². The number of ether oxygens (including phenoxy) is 1. The minimum absolute atomic E-state index is 0.0756. The summed E-state index contributed by atoms with van der Waals surface area (Å²) in [7, 11) is 0. The van der Waals surface area contributed by atoms with Gasteiger partial charge >= 0.3 is 0 Å². The van der Waals surface area contributed by atoms with Crippen LogP contribution in [-0.2, 0) is 4.74 Å². The van der Waals surface area contributed by atoms with Gasteiger partial charge in [0, 0.05) is 24.7 Å². The van der Waals surface area contributed by atoms with Crippen LogP contribution in [-0.4, -0.2) is 47.6 Å². The van der Waals surface area contributed by atoms with E-state index in [1.165, 1.54) is 11.1 Å². The molecule has 1 aromatic heterocycles. The molecule has 1 fully saturated rings. The molecule has 3 aliphatic rings. The number of hydrogen-bond acceptors (Lipinski definition) is 4. The molecule has 1 amide bonds. The maximum atomic E-state index is 11.1. The predicted octanol–water partition coefficient (Wildman–Crippen LogP) is 0.874. The lowest BCUT2D eigenvalue weighted by molar-refractivity contribution is -0.135. The summed E-state index contributed by atoms with van der Waals surface area (Å²) in [5.74, 6) is -0.0482. The van der Waals surface area contributed by atoms with Crippen LogP contribution in [0, 0.1) is 11.3 Å². The summed E-state index contributed by atoms with van der Waals surface area (Å²) in [6.07, 6.45) is 3.79. The number of aromatic amines is 1. The zero-order valence-electron chi connectivity index (χ0n) is 12.3. The molecule has 6 nitrogen and oxygen atoms in total. The highest BCUT2D eigenvalue weighted by Crippen LogP contribution is 2.50. The van der Waals surface area contributed by atoms with E-state index in [0.29, 0.717) is 31.2 Å². The van der Waals surface area contributed by atoms with Gasteiger partial charge in [-0.1, -0.05) is 11.6 Å². The number of nitriles is 1. The molecule has 114 valence electrons. The lowest BCUT2D eigenvalue weighted by Crippen LogP contribution is -2.62. The number of fused-ring (bicyclic) bond motifs is 1. The minimum Gasteiger partial charge on any atom is -0.377 e. The second-order valence-corrected chi connectivity index (χ2v) is 6.38. The highest BCUT2D eigenvalue weighted by Gasteiger charge is 2.46. The van der Waals surface area contributed by atoms with Gasteiger partial charge in [0.15, 0.2) is 0 Å². The summed E-state index contributed by atoms with van der Waals surface area (Å²) >= 11 is 0. The van der Waals surface area contributed by atoms with E-state index >= 15 is 0 Å². The number of carbonyl (C=O) groups excluding carboxylic acids is 1. The molecule has 0 saturated carbocycles. The van der Waals surface area contributed by atoms with Gasteiger partial charge in [-0.05, 0) is 18.1 Å². The molecule has 1 aliphatic carbocycles. The Morgan fingerprint density at radius 3 is 2.86 bits per heavy atom. The molecule has 4 rings (SSSR count). The van der Waals surface area contributed by atoms with Gasteiger partial charge in [-0.2, -0.15) is 5.26 Å². The Hall–Kier alpha value is -2.10. The van der Waals surface area contributed by atoms with Crippen LogP contribution in [0.5, 0.6) is 0 Å². The van der Waals surface area contributed by atoms with Crippen molar-refractivity contribution in [2.45, 2.75) is 24.3 Å². The zero-order valence-corrected chi connectivity index (χ0v) is 12.3. The first-order chi connectivity index (χ1) is 10.6. The van der Waals surface area contributed by atoms with Crippen molar-refractivity contribution in [3.05, 3.63) is 34.7 Å². The number of primary amides is 1.